The molecule has 5 heterocycles. The van der Waals surface area contributed by atoms with Crippen LogP contribution in [0.4, 0.5) is 13.2 Å². The maximum atomic E-state index is 13.1. The van der Waals surface area contributed by atoms with E-state index in [-0.39, 0.29) is 17.4 Å². The summed E-state index contributed by atoms with van der Waals surface area (Å²) in [5.74, 6) is -0.838. The highest BCUT2D eigenvalue weighted by Gasteiger charge is 2.42. The molecular weight excluding hydrogens is 439 g/mol. The number of hydrogen-bond donors (Lipinski definition) is 2. The van der Waals surface area contributed by atoms with Gasteiger partial charge in [-0.1, -0.05) is 0 Å². The smallest absolute Gasteiger partial charge is 0.313 e. The maximum absolute atomic E-state index is 13.1. The first kappa shape index (κ1) is 19.5. The van der Waals surface area contributed by atoms with E-state index in [1.807, 2.05) is 0 Å². The zero-order chi connectivity index (χ0) is 22.9. The second-order valence-corrected chi connectivity index (χ2v) is 7.95. The van der Waals surface area contributed by atoms with E-state index in [2.05, 4.69) is 25.0 Å². The zero-order valence-electron chi connectivity index (χ0n) is 16.7. The first-order valence-corrected chi connectivity index (χ1v) is 10.0. The molecule has 6 rings (SSSR count). The van der Waals surface area contributed by atoms with Crippen molar-refractivity contribution in [2.24, 2.45) is 0 Å². The maximum Gasteiger partial charge on any atom is 0.450 e. The van der Waals surface area contributed by atoms with Gasteiger partial charge in [0.2, 0.25) is 5.82 Å². The summed E-state index contributed by atoms with van der Waals surface area (Å²) in [5.41, 5.74) is 2.18. The summed E-state index contributed by atoms with van der Waals surface area (Å²) < 4.78 is 41.9. The Bertz CT molecular complexity index is 1660. The van der Waals surface area contributed by atoms with Crippen LogP contribution in [-0.4, -0.2) is 34.0 Å². The van der Waals surface area contributed by atoms with Gasteiger partial charge in [-0.2, -0.15) is 18.3 Å². The predicted octanol–water partition coefficient (Wildman–Crippen LogP) is 2.71. The van der Waals surface area contributed by atoms with E-state index in [9.17, 15) is 22.8 Å². The summed E-state index contributed by atoms with van der Waals surface area (Å²) in [4.78, 5) is 36.2. The van der Waals surface area contributed by atoms with Crippen molar-refractivity contribution < 1.29 is 13.2 Å². The van der Waals surface area contributed by atoms with Gasteiger partial charge >= 0.3 is 11.9 Å². The monoisotopic (exact) mass is 453 g/mol. The van der Waals surface area contributed by atoms with Crippen LogP contribution in [0.25, 0.3) is 22.4 Å². The van der Waals surface area contributed by atoms with E-state index in [1.165, 1.54) is 18.6 Å². The lowest BCUT2D eigenvalue weighted by Crippen LogP contribution is -2.23. The van der Waals surface area contributed by atoms with E-state index < -0.39 is 23.2 Å². The van der Waals surface area contributed by atoms with Gasteiger partial charge in [0, 0.05) is 30.4 Å². The number of aromatic nitrogens is 7. The zero-order valence-corrected chi connectivity index (χ0v) is 16.7. The molecule has 0 aliphatic heterocycles. The number of aromatic amines is 2. The fourth-order valence-corrected chi connectivity index (χ4v) is 4.31. The highest BCUT2D eigenvalue weighted by Crippen LogP contribution is 2.55. The quantitative estimate of drug-likeness (QED) is 0.436. The van der Waals surface area contributed by atoms with Crippen molar-refractivity contribution in [3.8, 4) is 11.3 Å². The lowest BCUT2D eigenvalue weighted by Gasteiger charge is -2.08. The first-order valence-electron chi connectivity index (χ1n) is 10.0. The third-order valence-electron chi connectivity index (χ3n) is 5.91. The lowest BCUT2D eigenvalue weighted by atomic mass is 10.0. The Labute approximate surface area is 181 Å². The van der Waals surface area contributed by atoms with Gasteiger partial charge in [-0.25, -0.2) is 19.3 Å². The van der Waals surface area contributed by atoms with Gasteiger partial charge in [0.25, 0.3) is 5.56 Å². The van der Waals surface area contributed by atoms with Crippen LogP contribution < -0.4 is 11.2 Å². The molecule has 1 saturated carbocycles. The number of nitrogens with one attached hydrogen (secondary N) is 2. The van der Waals surface area contributed by atoms with Crippen LogP contribution in [0.3, 0.4) is 0 Å². The van der Waals surface area contributed by atoms with Gasteiger partial charge in [-0.05, 0) is 42.0 Å². The molecule has 0 aromatic carbocycles. The molecule has 0 unspecified atom stereocenters. The Kier molecular flexibility index (Phi) is 3.92. The minimum Gasteiger partial charge on any atom is -0.313 e. The number of halogens is 3. The fourth-order valence-electron chi connectivity index (χ4n) is 4.31. The molecule has 1 aliphatic carbocycles. The van der Waals surface area contributed by atoms with E-state index in [0.717, 1.165) is 21.9 Å². The number of imidazole rings is 2. The van der Waals surface area contributed by atoms with Gasteiger partial charge in [-0.15, -0.1) is 0 Å². The summed E-state index contributed by atoms with van der Waals surface area (Å²) in [5, 5.41) is 4.43. The Hall–Kier alpha value is -4.22. The third-order valence-corrected chi connectivity index (χ3v) is 5.91. The number of alkyl halides is 3. The molecule has 0 radical (unpaired) electrons. The van der Waals surface area contributed by atoms with Crippen LogP contribution in [0.15, 0.2) is 58.8 Å². The Morgan fingerprint density at radius 1 is 1.09 bits per heavy atom. The van der Waals surface area contributed by atoms with Crippen molar-refractivity contribution >= 4 is 11.2 Å². The molecule has 2 N–H and O–H groups in total. The third kappa shape index (κ3) is 3.13. The fraction of sp³-hybridized carbons (Fsp3) is 0.190. The van der Waals surface area contributed by atoms with Crippen LogP contribution in [0.5, 0.6) is 0 Å². The van der Waals surface area contributed by atoms with Crippen LogP contribution in [0, 0.1) is 0 Å². The van der Waals surface area contributed by atoms with Crippen molar-refractivity contribution in [2.75, 3.05) is 0 Å². The normalized spacial score (nSPS) is 18.3. The second kappa shape index (κ2) is 6.64. The molecule has 0 spiro atoms. The average molecular weight is 453 g/mol. The lowest BCUT2D eigenvalue weighted by molar-refractivity contribution is -0.145. The molecule has 0 saturated heterocycles. The average Bonchev–Trinajstić information content (AvgIpc) is 3.20. The highest BCUT2D eigenvalue weighted by atomic mass is 19.4. The molecule has 166 valence electrons. The van der Waals surface area contributed by atoms with Crippen molar-refractivity contribution in [3.63, 3.8) is 0 Å². The molecular formula is C21H14F3N7O2. The molecule has 1 aliphatic rings. The summed E-state index contributed by atoms with van der Waals surface area (Å²) in [7, 11) is 0. The van der Waals surface area contributed by atoms with Gasteiger partial charge in [0.1, 0.15) is 0 Å². The van der Waals surface area contributed by atoms with E-state index in [1.54, 1.807) is 35.1 Å². The topological polar surface area (TPSA) is 113 Å². The van der Waals surface area contributed by atoms with Crippen LogP contribution in [-0.2, 0) is 6.18 Å². The van der Waals surface area contributed by atoms with E-state index >= 15 is 0 Å². The molecule has 12 heteroatoms. The van der Waals surface area contributed by atoms with Crippen molar-refractivity contribution in [1.82, 2.24) is 34.0 Å². The Balaban J connectivity index is 1.40. The van der Waals surface area contributed by atoms with Crippen LogP contribution in [0.1, 0.15) is 35.2 Å². The largest absolute Gasteiger partial charge is 0.450 e. The Morgan fingerprint density at radius 3 is 2.73 bits per heavy atom. The number of fused-ring (bicyclic) bond motifs is 2. The molecule has 0 bridgehead atoms. The summed E-state index contributed by atoms with van der Waals surface area (Å²) >= 11 is 0. The van der Waals surface area contributed by atoms with Crippen LogP contribution >= 0.6 is 0 Å². The molecule has 1 fully saturated rings. The molecule has 5 aromatic heterocycles. The van der Waals surface area contributed by atoms with Crippen molar-refractivity contribution in [2.45, 2.75) is 24.4 Å². The number of pyridine rings is 1. The molecule has 5 aromatic rings. The van der Waals surface area contributed by atoms with Crippen LogP contribution in [0.2, 0.25) is 0 Å². The number of rotatable bonds is 3. The van der Waals surface area contributed by atoms with Gasteiger partial charge in [0.15, 0.2) is 5.65 Å². The predicted molar refractivity (Wildman–Crippen MR) is 110 cm³/mol. The summed E-state index contributed by atoms with van der Waals surface area (Å²) in [6.45, 7) is 0. The Morgan fingerprint density at radius 2 is 1.94 bits per heavy atom. The number of hydrogen-bond acceptors (Lipinski definition) is 5. The van der Waals surface area contributed by atoms with Gasteiger partial charge in [-0.3, -0.25) is 14.2 Å². The highest BCUT2D eigenvalue weighted by molar-refractivity contribution is 5.64. The minimum absolute atomic E-state index is 0.0472. The molecule has 9 nitrogen and oxygen atoms in total. The molecule has 0 amide bonds. The number of H-pyrrole nitrogens is 2. The second-order valence-electron chi connectivity index (χ2n) is 7.95. The summed E-state index contributed by atoms with van der Waals surface area (Å²) in [6.07, 6.45) is 3.41. The van der Waals surface area contributed by atoms with Gasteiger partial charge < -0.3 is 4.98 Å². The first-order chi connectivity index (χ1) is 15.8. The number of nitrogens with zero attached hydrogens (tertiary/aromatic N) is 5. The standard InChI is InChI=1S/C21H14F3N7O2/c22-21(23,24)19-26-8-11-5-10(1-3-30(11)19)12-6-13(12)14-7-16(29-31-4-2-25-17(14)31)15-9-27-20(33)28-18(15)32/h1-5,7-9,12-13H,6H2,(H2,27,28,32,33)/t12-,13+/m1/s1. The molecule has 2 atom stereocenters. The molecule has 33 heavy (non-hydrogen) atoms. The SMILES string of the molecule is O=c1[nH]cc(-c2cc([C@H]3C[C@@H]3c3ccn4c(C(F)(F)F)ncc4c3)c3nccn3n2)c(=O)[nH]1. The van der Waals surface area contributed by atoms with E-state index in [4.69, 9.17) is 0 Å². The van der Waals surface area contributed by atoms with Gasteiger partial charge in [0.05, 0.1) is 23.0 Å². The summed E-state index contributed by atoms with van der Waals surface area (Å²) in [6, 6.07) is 5.16. The van der Waals surface area contributed by atoms with E-state index in [0.29, 0.717) is 16.9 Å². The van der Waals surface area contributed by atoms with Crippen molar-refractivity contribution in [3.05, 3.63) is 87.0 Å². The van der Waals surface area contributed by atoms with Crippen molar-refractivity contribution in [1.29, 1.82) is 0 Å². The minimum atomic E-state index is -4.53.